The standard InChI is InChI=1S/C16H14Br2OS/c17-15-9-13(16(18)20-15)14(19)8-11-6-3-5-10-4-1-2-7-12(10)11/h1-2,4,7,9,11H,3,5-6,8H2. The highest BCUT2D eigenvalue weighted by Crippen LogP contribution is 2.37. The van der Waals surface area contributed by atoms with Crippen LogP contribution in [0, 0.1) is 0 Å². The van der Waals surface area contributed by atoms with Crippen LogP contribution in [-0.2, 0) is 6.42 Å². The summed E-state index contributed by atoms with van der Waals surface area (Å²) in [6.45, 7) is 0. The zero-order valence-electron chi connectivity index (χ0n) is 10.9. The molecule has 0 amide bonds. The Hall–Kier alpha value is -0.450. The van der Waals surface area contributed by atoms with Crippen molar-refractivity contribution >= 4 is 49.0 Å². The molecule has 0 spiro atoms. The van der Waals surface area contributed by atoms with E-state index in [2.05, 4.69) is 56.1 Å². The number of fused-ring (bicyclic) bond motifs is 1. The van der Waals surface area contributed by atoms with Crippen LogP contribution in [0.1, 0.15) is 46.7 Å². The number of rotatable bonds is 3. The number of Topliss-reactive ketones (excluding diaryl/α,β-unsaturated/α-hetero) is 1. The first-order valence-electron chi connectivity index (χ1n) is 6.71. The van der Waals surface area contributed by atoms with Gasteiger partial charge in [-0.1, -0.05) is 24.3 Å². The molecule has 1 heterocycles. The molecule has 0 radical (unpaired) electrons. The van der Waals surface area contributed by atoms with Crippen LogP contribution in [0.2, 0.25) is 0 Å². The molecule has 4 heteroatoms. The topological polar surface area (TPSA) is 17.1 Å². The van der Waals surface area contributed by atoms with E-state index < -0.39 is 0 Å². The molecule has 1 unspecified atom stereocenters. The van der Waals surface area contributed by atoms with Crippen molar-refractivity contribution in [1.29, 1.82) is 0 Å². The SMILES string of the molecule is O=C(CC1CCCc2ccccc21)c1cc(Br)sc1Br. The molecule has 0 saturated heterocycles. The minimum atomic E-state index is 0.237. The second kappa shape index (κ2) is 6.12. The lowest BCUT2D eigenvalue weighted by atomic mass is 9.80. The highest BCUT2D eigenvalue weighted by molar-refractivity contribution is 9.12. The van der Waals surface area contributed by atoms with Crippen LogP contribution in [-0.4, -0.2) is 5.78 Å². The third-order valence-corrected chi connectivity index (χ3v) is 6.22. The van der Waals surface area contributed by atoms with Crippen molar-refractivity contribution in [3.05, 3.63) is 54.6 Å². The van der Waals surface area contributed by atoms with Gasteiger partial charge in [0.2, 0.25) is 0 Å². The summed E-state index contributed by atoms with van der Waals surface area (Å²) in [5.74, 6) is 0.610. The van der Waals surface area contributed by atoms with Crippen molar-refractivity contribution in [2.75, 3.05) is 0 Å². The number of carbonyl (C=O) groups is 1. The smallest absolute Gasteiger partial charge is 0.165 e. The van der Waals surface area contributed by atoms with Crippen LogP contribution >= 0.6 is 43.2 Å². The number of thiophene rings is 1. The summed E-state index contributed by atoms with van der Waals surface area (Å²) in [7, 11) is 0. The predicted molar refractivity (Wildman–Crippen MR) is 90.8 cm³/mol. The summed E-state index contributed by atoms with van der Waals surface area (Å²) in [5, 5.41) is 0. The summed E-state index contributed by atoms with van der Waals surface area (Å²) in [6, 6.07) is 10.5. The van der Waals surface area contributed by atoms with Gasteiger partial charge >= 0.3 is 0 Å². The van der Waals surface area contributed by atoms with E-state index in [0.717, 1.165) is 26.0 Å². The second-order valence-electron chi connectivity index (χ2n) is 5.15. The van der Waals surface area contributed by atoms with Gasteiger partial charge in [0, 0.05) is 12.0 Å². The monoisotopic (exact) mass is 412 g/mol. The zero-order valence-corrected chi connectivity index (χ0v) is 14.9. The Bertz CT molecular complexity index is 648. The van der Waals surface area contributed by atoms with Gasteiger partial charge in [0.15, 0.2) is 5.78 Å². The molecule has 2 aromatic rings. The molecule has 0 N–H and O–H groups in total. The number of carbonyl (C=O) groups excluding carboxylic acids is 1. The van der Waals surface area contributed by atoms with Gasteiger partial charge in [-0.25, -0.2) is 0 Å². The quantitative estimate of drug-likeness (QED) is 0.566. The second-order valence-corrected chi connectivity index (χ2v) is 8.90. The molecule has 20 heavy (non-hydrogen) atoms. The maximum Gasteiger partial charge on any atom is 0.165 e. The molecule has 104 valence electrons. The van der Waals surface area contributed by atoms with Crippen molar-refractivity contribution in [3.63, 3.8) is 0 Å². The lowest BCUT2D eigenvalue weighted by molar-refractivity contribution is 0.0971. The van der Waals surface area contributed by atoms with E-state index in [0.29, 0.717) is 12.3 Å². The van der Waals surface area contributed by atoms with Crippen LogP contribution in [0.15, 0.2) is 37.9 Å². The Balaban J connectivity index is 1.82. The van der Waals surface area contributed by atoms with E-state index in [1.54, 1.807) is 11.3 Å². The normalized spacial score (nSPS) is 17.8. The summed E-state index contributed by atoms with van der Waals surface area (Å²) in [6.07, 6.45) is 4.06. The highest BCUT2D eigenvalue weighted by atomic mass is 79.9. The minimum absolute atomic E-state index is 0.237. The first kappa shape index (κ1) is 14.5. The van der Waals surface area contributed by atoms with Crippen molar-refractivity contribution in [3.8, 4) is 0 Å². The fraction of sp³-hybridized carbons (Fsp3) is 0.312. The Kier molecular flexibility index (Phi) is 4.43. The maximum absolute atomic E-state index is 12.5. The number of ketones is 1. The van der Waals surface area contributed by atoms with E-state index in [4.69, 9.17) is 0 Å². The summed E-state index contributed by atoms with van der Waals surface area (Å²) < 4.78 is 1.93. The zero-order chi connectivity index (χ0) is 14.1. The minimum Gasteiger partial charge on any atom is -0.294 e. The molecular formula is C16H14Br2OS. The van der Waals surface area contributed by atoms with E-state index in [9.17, 15) is 4.79 Å². The summed E-state index contributed by atoms with van der Waals surface area (Å²) >= 11 is 8.48. The molecule has 0 bridgehead atoms. The first-order chi connectivity index (χ1) is 9.65. The van der Waals surface area contributed by atoms with Gasteiger partial charge in [0.1, 0.15) is 0 Å². The van der Waals surface area contributed by atoms with Crippen molar-refractivity contribution in [1.82, 2.24) is 0 Å². The molecule has 3 rings (SSSR count). The van der Waals surface area contributed by atoms with Crippen LogP contribution < -0.4 is 0 Å². The molecule has 0 saturated carbocycles. The van der Waals surface area contributed by atoms with Crippen LogP contribution in [0.4, 0.5) is 0 Å². The van der Waals surface area contributed by atoms with Crippen molar-refractivity contribution in [2.24, 2.45) is 0 Å². The Morgan fingerprint density at radius 3 is 2.85 bits per heavy atom. The van der Waals surface area contributed by atoms with Crippen LogP contribution in [0.25, 0.3) is 0 Å². The molecule has 1 aliphatic carbocycles. The Labute approximate surface area is 139 Å². The lowest BCUT2D eigenvalue weighted by Crippen LogP contribution is -2.13. The van der Waals surface area contributed by atoms with Gasteiger partial charge in [-0.3, -0.25) is 4.79 Å². The maximum atomic E-state index is 12.5. The third kappa shape index (κ3) is 2.92. The van der Waals surface area contributed by atoms with Gasteiger partial charge in [0.05, 0.1) is 7.57 Å². The van der Waals surface area contributed by atoms with E-state index in [1.807, 2.05) is 6.07 Å². The summed E-state index contributed by atoms with van der Waals surface area (Å²) in [5.41, 5.74) is 3.60. The molecule has 0 aliphatic heterocycles. The first-order valence-corrected chi connectivity index (χ1v) is 9.11. The Morgan fingerprint density at radius 2 is 2.10 bits per heavy atom. The lowest BCUT2D eigenvalue weighted by Gasteiger charge is -2.24. The highest BCUT2D eigenvalue weighted by Gasteiger charge is 2.24. The summed E-state index contributed by atoms with van der Waals surface area (Å²) in [4.78, 5) is 12.5. The number of hydrogen-bond donors (Lipinski definition) is 0. The fourth-order valence-corrected chi connectivity index (χ4v) is 5.79. The van der Waals surface area contributed by atoms with Crippen LogP contribution in [0.3, 0.4) is 0 Å². The molecule has 1 aliphatic rings. The Morgan fingerprint density at radius 1 is 1.30 bits per heavy atom. The molecule has 1 aromatic carbocycles. The van der Waals surface area contributed by atoms with Gasteiger partial charge in [0.25, 0.3) is 0 Å². The molecule has 0 fully saturated rings. The third-order valence-electron chi connectivity index (χ3n) is 3.88. The average molecular weight is 414 g/mol. The number of benzene rings is 1. The molecular weight excluding hydrogens is 400 g/mol. The predicted octanol–water partition coefficient (Wildman–Crippen LogP) is 5.97. The number of halogens is 2. The molecule has 1 atom stereocenters. The average Bonchev–Trinajstić information content (AvgIpc) is 2.78. The van der Waals surface area contributed by atoms with Gasteiger partial charge in [-0.15, -0.1) is 11.3 Å². The number of hydrogen-bond acceptors (Lipinski definition) is 2. The van der Waals surface area contributed by atoms with E-state index in [1.165, 1.54) is 17.5 Å². The number of aryl methyl sites for hydroxylation is 1. The van der Waals surface area contributed by atoms with E-state index in [-0.39, 0.29) is 5.78 Å². The van der Waals surface area contributed by atoms with Crippen molar-refractivity contribution < 1.29 is 4.79 Å². The molecule has 1 nitrogen and oxygen atoms in total. The van der Waals surface area contributed by atoms with Gasteiger partial charge in [-0.2, -0.15) is 0 Å². The van der Waals surface area contributed by atoms with E-state index >= 15 is 0 Å². The van der Waals surface area contributed by atoms with Gasteiger partial charge < -0.3 is 0 Å². The van der Waals surface area contributed by atoms with Crippen molar-refractivity contribution in [2.45, 2.75) is 31.6 Å². The van der Waals surface area contributed by atoms with Gasteiger partial charge in [-0.05, 0) is 74.2 Å². The van der Waals surface area contributed by atoms with Crippen LogP contribution in [0.5, 0.6) is 0 Å². The largest absolute Gasteiger partial charge is 0.294 e. The fourth-order valence-electron chi connectivity index (χ4n) is 2.93. The molecule has 1 aromatic heterocycles.